The predicted octanol–water partition coefficient (Wildman–Crippen LogP) is 2.14. The van der Waals surface area contributed by atoms with Crippen molar-refractivity contribution in [1.82, 2.24) is 0 Å². The van der Waals surface area contributed by atoms with Gasteiger partial charge in [0.05, 0.1) is 0 Å². The topological polar surface area (TPSA) is 26.0 Å². The Labute approximate surface area is 82.2 Å². The lowest BCUT2D eigenvalue weighted by molar-refractivity contribution is 0.00900. The minimum Gasteiger partial charge on any atom is -0.327 e. The van der Waals surface area contributed by atoms with E-state index in [2.05, 4.69) is 15.9 Å². The fourth-order valence-electron chi connectivity index (χ4n) is 3.88. The van der Waals surface area contributed by atoms with E-state index in [1.807, 2.05) is 0 Å². The van der Waals surface area contributed by atoms with Gasteiger partial charge in [0.25, 0.3) is 0 Å². The van der Waals surface area contributed by atoms with Crippen molar-refractivity contribution in [2.45, 2.75) is 36.6 Å². The van der Waals surface area contributed by atoms with Gasteiger partial charge in [-0.25, -0.2) is 0 Å². The van der Waals surface area contributed by atoms with E-state index in [0.29, 0.717) is 6.04 Å². The molecule has 2 heteroatoms. The Balaban J connectivity index is 1.93. The summed E-state index contributed by atoms with van der Waals surface area (Å²) in [5.41, 5.74) is 6.23. The summed E-state index contributed by atoms with van der Waals surface area (Å²) in [5.74, 6) is 3.68. The number of nitrogens with two attached hydrogens (primary N) is 1. The molecular formula is C10H16BrN. The third-order valence-electron chi connectivity index (χ3n) is 4.38. The van der Waals surface area contributed by atoms with Gasteiger partial charge in [-0.2, -0.15) is 0 Å². The van der Waals surface area contributed by atoms with Crippen LogP contribution in [-0.2, 0) is 0 Å². The van der Waals surface area contributed by atoms with Crippen LogP contribution >= 0.6 is 15.9 Å². The zero-order valence-corrected chi connectivity index (χ0v) is 8.83. The SMILES string of the molecule is N[C@@H]1[C@@H]2C[C@H]3C[C@@H](C2)[C@H](Br)[C@@H]1C3. The van der Waals surface area contributed by atoms with E-state index in [1.165, 1.54) is 25.7 Å². The molecule has 0 unspecified atom stereocenters. The second-order valence-electron chi connectivity index (χ2n) is 5.01. The summed E-state index contributed by atoms with van der Waals surface area (Å²) < 4.78 is 0. The third kappa shape index (κ3) is 0.884. The molecule has 6 atom stereocenters. The van der Waals surface area contributed by atoms with Crippen LogP contribution in [0.5, 0.6) is 0 Å². The monoisotopic (exact) mass is 229 g/mol. The molecule has 4 rings (SSSR count). The van der Waals surface area contributed by atoms with E-state index in [4.69, 9.17) is 5.73 Å². The lowest BCUT2D eigenvalue weighted by Gasteiger charge is -2.55. The largest absolute Gasteiger partial charge is 0.327 e. The van der Waals surface area contributed by atoms with Gasteiger partial charge in [-0.05, 0) is 49.4 Å². The van der Waals surface area contributed by atoms with E-state index in [0.717, 1.165) is 28.5 Å². The van der Waals surface area contributed by atoms with Crippen LogP contribution in [0.2, 0.25) is 0 Å². The molecule has 4 aliphatic carbocycles. The molecule has 0 radical (unpaired) electrons. The molecule has 0 saturated heterocycles. The van der Waals surface area contributed by atoms with Gasteiger partial charge in [-0.15, -0.1) is 0 Å². The van der Waals surface area contributed by atoms with Crippen LogP contribution in [0.4, 0.5) is 0 Å². The van der Waals surface area contributed by atoms with Crippen LogP contribution in [0.15, 0.2) is 0 Å². The maximum absolute atomic E-state index is 6.23. The highest BCUT2D eigenvalue weighted by Gasteiger charge is 2.51. The van der Waals surface area contributed by atoms with Gasteiger partial charge in [0.1, 0.15) is 0 Å². The molecular weight excluding hydrogens is 214 g/mol. The fourth-order valence-corrected chi connectivity index (χ4v) is 4.88. The van der Waals surface area contributed by atoms with Crippen LogP contribution in [0.1, 0.15) is 25.7 Å². The molecule has 68 valence electrons. The first-order chi connectivity index (χ1) is 5.75. The predicted molar refractivity (Wildman–Crippen MR) is 53.1 cm³/mol. The van der Waals surface area contributed by atoms with E-state index in [1.54, 1.807) is 0 Å². The second-order valence-corrected chi connectivity index (χ2v) is 6.07. The molecule has 4 bridgehead atoms. The average molecular weight is 230 g/mol. The lowest BCUT2D eigenvalue weighted by Crippen LogP contribution is -2.57. The Morgan fingerprint density at radius 2 is 1.75 bits per heavy atom. The number of rotatable bonds is 0. The van der Waals surface area contributed by atoms with Gasteiger partial charge in [0.2, 0.25) is 0 Å². The molecule has 1 nitrogen and oxygen atoms in total. The van der Waals surface area contributed by atoms with Gasteiger partial charge in [0, 0.05) is 10.9 Å². The first kappa shape index (κ1) is 7.81. The highest BCUT2D eigenvalue weighted by molar-refractivity contribution is 9.09. The zero-order valence-electron chi connectivity index (χ0n) is 7.25. The van der Waals surface area contributed by atoms with Crippen LogP contribution < -0.4 is 5.73 Å². The third-order valence-corrected chi connectivity index (χ3v) is 5.81. The molecule has 2 N–H and O–H groups in total. The smallest absolute Gasteiger partial charge is 0.0217 e. The summed E-state index contributed by atoms with van der Waals surface area (Å²) >= 11 is 3.84. The Morgan fingerprint density at radius 1 is 1.00 bits per heavy atom. The van der Waals surface area contributed by atoms with Gasteiger partial charge < -0.3 is 5.73 Å². The summed E-state index contributed by atoms with van der Waals surface area (Å²) in [4.78, 5) is 0.750. The van der Waals surface area contributed by atoms with Crippen LogP contribution in [-0.4, -0.2) is 10.9 Å². The van der Waals surface area contributed by atoms with Gasteiger partial charge in [-0.1, -0.05) is 15.9 Å². The lowest BCUT2D eigenvalue weighted by atomic mass is 9.54. The summed E-state index contributed by atoms with van der Waals surface area (Å²) in [6.45, 7) is 0. The number of halogens is 1. The average Bonchev–Trinajstić information content (AvgIpc) is 2.07. The molecule has 4 aliphatic rings. The van der Waals surface area contributed by atoms with Crippen molar-refractivity contribution >= 4 is 15.9 Å². The van der Waals surface area contributed by atoms with Crippen molar-refractivity contribution in [3.63, 3.8) is 0 Å². The first-order valence-corrected chi connectivity index (χ1v) is 6.07. The molecule has 0 aromatic carbocycles. The van der Waals surface area contributed by atoms with E-state index in [9.17, 15) is 0 Å². The molecule has 0 aliphatic heterocycles. The van der Waals surface area contributed by atoms with Crippen molar-refractivity contribution in [3.8, 4) is 0 Å². The van der Waals surface area contributed by atoms with E-state index < -0.39 is 0 Å². The Morgan fingerprint density at radius 3 is 2.58 bits per heavy atom. The maximum Gasteiger partial charge on any atom is 0.0217 e. The van der Waals surface area contributed by atoms with Crippen molar-refractivity contribution in [1.29, 1.82) is 0 Å². The maximum atomic E-state index is 6.23. The Kier molecular flexibility index (Phi) is 1.61. The van der Waals surface area contributed by atoms with E-state index in [-0.39, 0.29) is 0 Å². The van der Waals surface area contributed by atoms with Gasteiger partial charge in [0.15, 0.2) is 0 Å². The van der Waals surface area contributed by atoms with Gasteiger partial charge >= 0.3 is 0 Å². The number of hydrogen-bond donors (Lipinski definition) is 1. The molecule has 4 fully saturated rings. The Hall–Kier alpha value is 0.440. The van der Waals surface area contributed by atoms with Crippen molar-refractivity contribution < 1.29 is 0 Å². The number of hydrogen-bond acceptors (Lipinski definition) is 1. The highest BCUT2D eigenvalue weighted by atomic mass is 79.9. The minimum atomic E-state index is 0.516. The van der Waals surface area contributed by atoms with Crippen LogP contribution in [0.25, 0.3) is 0 Å². The van der Waals surface area contributed by atoms with Crippen LogP contribution in [0.3, 0.4) is 0 Å². The van der Waals surface area contributed by atoms with Crippen molar-refractivity contribution in [3.05, 3.63) is 0 Å². The quantitative estimate of drug-likeness (QED) is 0.634. The van der Waals surface area contributed by atoms with Gasteiger partial charge in [-0.3, -0.25) is 0 Å². The summed E-state index contributed by atoms with van der Waals surface area (Å²) in [7, 11) is 0. The Bertz CT molecular complexity index is 188. The highest BCUT2D eigenvalue weighted by Crippen LogP contribution is 2.55. The van der Waals surface area contributed by atoms with E-state index >= 15 is 0 Å². The zero-order chi connectivity index (χ0) is 8.29. The molecule has 0 aromatic heterocycles. The van der Waals surface area contributed by atoms with Crippen LogP contribution in [0, 0.1) is 23.7 Å². The standard InChI is InChI=1S/C10H16BrN/c11-9-6-1-5-2-7(4-6)10(12)8(9)3-5/h5-10H,1-4,12H2/t5-,6+,7-,8+,9+,10-/m1/s1. The molecule has 12 heavy (non-hydrogen) atoms. The summed E-state index contributed by atoms with van der Waals surface area (Å²) in [6.07, 6.45) is 5.73. The molecule has 4 saturated carbocycles. The second kappa shape index (κ2) is 2.48. The summed E-state index contributed by atoms with van der Waals surface area (Å²) in [6, 6.07) is 0.516. The number of alkyl halides is 1. The normalized spacial score (nSPS) is 62.5. The minimum absolute atomic E-state index is 0.516. The molecule has 0 heterocycles. The molecule has 0 spiro atoms. The van der Waals surface area contributed by atoms with Crippen molar-refractivity contribution in [2.24, 2.45) is 29.4 Å². The molecule has 0 aromatic rings. The fraction of sp³-hybridized carbons (Fsp3) is 1.00. The first-order valence-electron chi connectivity index (χ1n) is 5.15. The summed E-state index contributed by atoms with van der Waals surface area (Å²) in [5, 5.41) is 0. The van der Waals surface area contributed by atoms with Crippen molar-refractivity contribution in [2.75, 3.05) is 0 Å². The molecule has 0 amide bonds.